The molecule has 0 saturated carbocycles. The van der Waals surface area contributed by atoms with Crippen LogP contribution in [0.3, 0.4) is 0 Å². The first kappa shape index (κ1) is 18.6. The molecule has 2 aromatic rings. The Hall–Kier alpha value is -2.69. The van der Waals surface area contributed by atoms with Gasteiger partial charge in [0, 0.05) is 13.6 Å². The molecule has 0 spiro atoms. The molecule has 0 aliphatic rings. The first-order valence-corrected chi connectivity index (χ1v) is 8.05. The first-order chi connectivity index (χ1) is 11.8. The zero-order valence-corrected chi connectivity index (χ0v) is 14.9. The smallest absolute Gasteiger partial charge is 0.338 e. The van der Waals surface area contributed by atoms with Gasteiger partial charge in [-0.15, -0.1) is 0 Å². The van der Waals surface area contributed by atoms with Gasteiger partial charge >= 0.3 is 5.97 Å². The summed E-state index contributed by atoms with van der Waals surface area (Å²) in [5.41, 5.74) is 3.00. The number of likely N-dealkylation sites (N-methyl/N-ethyl adjacent to an activating group) is 1. The van der Waals surface area contributed by atoms with Crippen molar-refractivity contribution in [1.29, 1.82) is 0 Å². The van der Waals surface area contributed by atoms with Gasteiger partial charge in [-0.05, 0) is 50.6 Å². The molecule has 0 radical (unpaired) electrons. The summed E-state index contributed by atoms with van der Waals surface area (Å²) in [6, 6.07) is 11.4. The summed E-state index contributed by atoms with van der Waals surface area (Å²) < 4.78 is 18.5. The molecule has 0 aliphatic heterocycles. The lowest BCUT2D eigenvalue weighted by Crippen LogP contribution is -2.37. The zero-order valence-electron chi connectivity index (χ0n) is 14.9. The van der Waals surface area contributed by atoms with Crippen LogP contribution in [0.4, 0.5) is 4.39 Å². The standard InChI is InChI=1S/C20H22FNO3/c1-13-8-14(2)10-17(9-13)20(24)25-15(3)19(23)22(4)12-16-6-5-7-18(21)11-16/h5-11,15H,12H2,1-4H3/t15-/m0/s1. The van der Waals surface area contributed by atoms with E-state index in [0.29, 0.717) is 11.1 Å². The number of benzene rings is 2. The average Bonchev–Trinajstić information content (AvgIpc) is 2.53. The Bertz CT molecular complexity index is 768. The molecule has 1 amide bonds. The number of esters is 1. The van der Waals surface area contributed by atoms with Crippen LogP contribution in [0.15, 0.2) is 42.5 Å². The van der Waals surface area contributed by atoms with E-state index in [2.05, 4.69) is 0 Å². The number of halogens is 1. The monoisotopic (exact) mass is 343 g/mol. The third-order valence-electron chi connectivity index (χ3n) is 3.77. The molecule has 0 bridgehead atoms. The molecule has 5 heteroatoms. The Balaban J connectivity index is 2.00. The van der Waals surface area contributed by atoms with Crippen LogP contribution >= 0.6 is 0 Å². The Morgan fingerprint density at radius 1 is 1.12 bits per heavy atom. The minimum Gasteiger partial charge on any atom is -0.449 e. The molecule has 2 aromatic carbocycles. The fraction of sp³-hybridized carbons (Fsp3) is 0.300. The van der Waals surface area contributed by atoms with E-state index in [-0.39, 0.29) is 18.3 Å². The van der Waals surface area contributed by atoms with Crippen LogP contribution in [0.2, 0.25) is 0 Å². The van der Waals surface area contributed by atoms with Gasteiger partial charge in [0.2, 0.25) is 0 Å². The lowest BCUT2D eigenvalue weighted by Gasteiger charge is -2.21. The molecule has 0 unspecified atom stereocenters. The van der Waals surface area contributed by atoms with Gasteiger partial charge in [0.05, 0.1) is 5.56 Å². The van der Waals surface area contributed by atoms with Crippen LogP contribution in [-0.4, -0.2) is 29.9 Å². The lowest BCUT2D eigenvalue weighted by molar-refractivity contribution is -0.139. The summed E-state index contributed by atoms with van der Waals surface area (Å²) >= 11 is 0. The van der Waals surface area contributed by atoms with Crippen LogP contribution in [0.1, 0.15) is 34.0 Å². The molecule has 0 fully saturated rings. The van der Waals surface area contributed by atoms with Crippen molar-refractivity contribution in [3.63, 3.8) is 0 Å². The minimum absolute atomic E-state index is 0.238. The van der Waals surface area contributed by atoms with Crippen LogP contribution in [0.5, 0.6) is 0 Å². The van der Waals surface area contributed by atoms with Crippen molar-refractivity contribution < 1.29 is 18.7 Å². The van der Waals surface area contributed by atoms with Gasteiger partial charge in [0.1, 0.15) is 5.82 Å². The third-order valence-corrected chi connectivity index (χ3v) is 3.77. The maximum atomic E-state index is 13.2. The molecular weight excluding hydrogens is 321 g/mol. The summed E-state index contributed by atoms with van der Waals surface area (Å²) in [5.74, 6) is -1.23. The first-order valence-electron chi connectivity index (χ1n) is 8.05. The highest BCUT2D eigenvalue weighted by Gasteiger charge is 2.22. The highest BCUT2D eigenvalue weighted by molar-refractivity contribution is 5.92. The van der Waals surface area contributed by atoms with Crippen LogP contribution < -0.4 is 0 Å². The highest BCUT2D eigenvalue weighted by Crippen LogP contribution is 2.13. The molecule has 0 saturated heterocycles. The number of carbonyl (C=O) groups is 2. The van der Waals surface area contributed by atoms with E-state index in [1.807, 2.05) is 19.9 Å². The van der Waals surface area contributed by atoms with E-state index in [1.54, 1.807) is 31.3 Å². The topological polar surface area (TPSA) is 46.6 Å². The summed E-state index contributed by atoms with van der Waals surface area (Å²) in [6.45, 7) is 5.56. The Labute approximate surface area is 147 Å². The zero-order chi connectivity index (χ0) is 18.6. The van der Waals surface area contributed by atoms with E-state index in [1.165, 1.54) is 24.0 Å². The number of amides is 1. The molecule has 0 aliphatic carbocycles. The molecule has 25 heavy (non-hydrogen) atoms. The van der Waals surface area contributed by atoms with E-state index < -0.39 is 12.1 Å². The normalized spacial score (nSPS) is 11.7. The number of nitrogens with zero attached hydrogens (tertiary/aromatic N) is 1. The van der Waals surface area contributed by atoms with E-state index in [0.717, 1.165) is 11.1 Å². The highest BCUT2D eigenvalue weighted by atomic mass is 19.1. The number of hydrogen-bond donors (Lipinski definition) is 0. The average molecular weight is 343 g/mol. The second-order valence-electron chi connectivity index (χ2n) is 6.25. The fourth-order valence-electron chi connectivity index (χ4n) is 2.67. The molecule has 0 N–H and O–H groups in total. The molecular formula is C20H22FNO3. The van der Waals surface area contributed by atoms with E-state index in [9.17, 15) is 14.0 Å². The third kappa shape index (κ3) is 5.14. The fourth-order valence-corrected chi connectivity index (χ4v) is 2.67. The Morgan fingerprint density at radius 3 is 2.36 bits per heavy atom. The molecule has 132 valence electrons. The maximum absolute atomic E-state index is 13.2. The molecule has 4 nitrogen and oxygen atoms in total. The molecule has 0 heterocycles. The molecule has 0 aromatic heterocycles. The number of ether oxygens (including phenoxy) is 1. The quantitative estimate of drug-likeness (QED) is 0.779. The summed E-state index contributed by atoms with van der Waals surface area (Å²) in [4.78, 5) is 26.0. The molecule has 2 rings (SSSR count). The van der Waals surface area contributed by atoms with Crippen LogP contribution in [0.25, 0.3) is 0 Å². The number of hydrogen-bond acceptors (Lipinski definition) is 3. The van der Waals surface area contributed by atoms with Crippen molar-refractivity contribution >= 4 is 11.9 Å². The van der Waals surface area contributed by atoms with E-state index in [4.69, 9.17) is 4.74 Å². The largest absolute Gasteiger partial charge is 0.449 e. The van der Waals surface area contributed by atoms with Gasteiger partial charge in [-0.1, -0.05) is 29.3 Å². The maximum Gasteiger partial charge on any atom is 0.338 e. The van der Waals surface area contributed by atoms with Gasteiger partial charge in [-0.25, -0.2) is 9.18 Å². The summed E-state index contributed by atoms with van der Waals surface area (Å²) in [5, 5.41) is 0. The SMILES string of the molecule is Cc1cc(C)cc(C(=O)O[C@@H](C)C(=O)N(C)Cc2cccc(F)c2)c1. The van der Waals surface area contributed by atoms with Crippen molar-refractivity contribution in [1.82, 2.24) is 4.90 Å². The Kier molecular flexibility index (Phi) is 5.91. The van der Waals surface area contributed by atoms with Gasteiger partial charge in [0.15, 0.2) is 6.10 Å². The predicted molar refractivity (Wildman–Crippen MR) is 93.7 cm³/mol. The lowest BCUT2D eigenvalue weighted by atomic mass is 10.1. The van der Waals surface area contributed by atoms with Crippen LogP contribution in [-0.2, 0) is 16.1 Å². The number of aryl methyl sites for hydroxylation is 2. The van der Waals surface area contributed by atoms with Crippen molar-refractivity contribution in [2.24, 2.45) is 0 Å². The van der Waals surface area contributed by atoms with E-state index >= 15 is 0 Å². The van der Waals surface area contributed by atoms with Gasteiger partial charge in [-0.2, -0.15) is 0 Å². The predicted octanol–water partition coefficient (Wildman–Crippen LogP) is 3.65. The number of rotatable bonds is 5. The summed E-state index contributed by atoms with van der Waals surface area (Å²) in [7, 11) is 1.59. The summed E-state index contributed by atoms with van der Waals surface area (Å²) in [6.07, 6.45) is -0.924. The Morgan fingerprint density at radius 2 is 1.76 bits per heavy atom. The van der Waals surface area contributed by atoms with Gasteiger partial charge in [0.25, 0.3) is 5.91 Å². The minimum atomic E-state index is -0.924. The number of carbonyl (C=O) groups excluding carboxylic acids is 2. The van der Waals surface area contributed by atoms with Crippen molar-refractivity contribution in [3.05, 3.63) is 70.5 Å². The van der Waals surface area contributed by atoms with Crippen molar-refractivity contribution in [2.75, 3.05) is 7.05 Å². The van der Waals surface area contributed by atoms with Gasteiger partial charge in [-0.3, -0.25) is 4.79 Å². The van der Waals surface area contributed by atoms with Crippen molar-refractivity contribution in [3.8, 4) is 0 Å². The second kappa shape index (κ2) is 7.92. The van der Waals surface area contributed by atoms with Crippen LogP contribution in [0, 0.1) is 19.7 Å². The second-order valence-corrected chi connectivity index (χ2v) is 6.25. The van der Waals surface area contributed by atoms with Crippen molar-refractivity contribution in [2.45, 2.75) is 33.4 Å². The molecule has 1 atom stereocenters. The van der Waals surface area contributed by atoms with Gasteiger partial charge < -0.3 is 9.64 Å².